The van der Waals surface area contributed by atoms with Crippen LogP contribution in [0.1, 0.15) is 38.2 Å². The Balaban J connectivity index is 2.26. The zero-order valence-corrected chi connectivity index (χ0v) is 14.1. The van der Waals surface area contributed by atoms with Gasteiger partial charge in [-0.05, 0) is 43.4 Å². The molecule has 2 rings (SSSR count). The normalized spacial score (nSPS) is 18.1. The summed E-state index contributed by atoms with van der Waals surface area (Å²) in [6, 6.07) is 2.54. The molecule has 2 N–H and O–H groups in total. The summed E-state index contributed by atoms with van der Waals surface area (Å²) in [4.78, 5) is -0.0394. The number of sulfonamides is 1. The lowest BCUT2D eigenvalue weighted by atomic mass is 10.0. The Morgan fingerprint density at radius 3 is 2.48 bits per heavy atom. The van der Waals surface area contributed by atoms with E-state index in [9.17, 15) is 13.5 Å². The second-order valence-electron chi connectivity index (χ2n) is 5.49. The predicted molar refractivity (Wildman–Crippen MR) is 84.1 cm³/mol. The van der Waals surface area contributed by atoms with Crippen LogP contribution in [0.4, 0.5) is 0 Å². The van der Waals surface area contributed by atoms with Gasteiger partial charge in [0, 0.05) is 11.1 Å². The first-order chi connectivity index (χ1) is 9.85. The molecule has 1 fully saturated rings. The van der Waals surface area contributed by atoms with Crippen molar-refractivity contribution in [3.05, 3.63) is 27.7 Å². The van der Waals surface area contributed by atoms with Crippen molar-refractivity contribution >= 4 is 33.2 Å². The van der Waals surface area contributed by atoms with Crippen LogP contribution in [0, 0.1) is 5.92 Å². The maximum absolute atomic E-state index is 12.5. The Labute approximate surface area is 135 Å². The van der Waals surface area contributed by atoms with E-state index in [1.54, 1.807) is 0 Å². The molecule has 1 saturated carbocycles. The van der Waals surface area contributed by atoms with Gasteiger partial charge in [-0.25, -0.2) is 13.1 Å². The number of aliphatic hydroxyl groups is 1. The average Bonchev–Trinajstić information content (AvgIpc) is 2.91. The van der Waals surface area contributed by atoms with E-state index in [1.165, 1.54) is 12.1 Å². The average molecular weight is 352 g/mol. The minimum Gasteiger partial charge on any atom is -0.392 e. The van der Waals surface area contributed by atoms with Crippen LogP contribution < -0.4 is 4.72 Å². The van der Waals surface area contributed by atoms with Gasteiger partial charge in [-0.1, -0.05) is 36.0 Å². The van der Waals surface area contributed by atoms with Crippen molar-refractivity contribution in [3.8, 4) is 0 Å². The molecule has 0 heterocycles. The highest BCUT2D eigenvalue weighted by molar-refractivity contribution is 7.89. The molecule has 4 nitrogen and oxygen atoms in total. The highest BCUT2D eigenvalue weighted by Gasteiger charge is 2.27. The summed E-state index contributed by atoms with van der Waals surface area (Å²) >= 11 is 11.9. The van der Waals surface area contributed by atoms with Crippen molar-refractivity contribution in [2.24, 2.45) is 5.92 Å². The summed E-state index contributed by atoms with van der Waals surface area (Å²) in [5.41, 5.74) is 0.343. The molecule has 1 aromatic rings. The van der Waals surface area contributed by atoms with Crippen molar-refractivity contribution in [1.82, 2.24) is 4.72 Å². The number of hydrogen-bond acceptors (Lipinski definition) is 3. The molecule has 0 bridgehead atoms. The Bertz CT molecular complexity index is 613. The molecule has 21 heavy (non-hydrogen) atoms. The van der Waals surface area contributed by atoms with Crippen LogP contribution in [-0.2, 0) is 16.6 Å². The molecule has 1 aliphatic rings. The SMILES string of the molecule is CC(NS(=O)(=O)c1cc(CO)c(Cl)cc1Cl)C1CCCC1. The smallest absolute Gasteiger partial charge is 0.242 e. The molecule has 7 heteroatoms. The maximum Gasteiger partial charge on any atom is 0.242 e. The van der Waals surface area contributed by atoms with E-state index in [1.807, 2.05) is 6.92 Å². The fraction of sp³-hybridized carbons (Fsp3) is 0.571. The minimum absolute atomic E-state index is 0.0394. The van der Waals surface area contributed by atoms with E-state index in [0.717, 1.165) is 25.7 Å². The molecular weight excluding hydrogens is 333 g/mol. The number of benzene rings is 1. The van der Waals surface area contributed by atoms with E-state index < -0.39 is 10.0 Å². The van der Waals surface area contributed by atoms with Crippen LogP contribution in [0.2, 0.25) is 10.0 Å². The molecule has 1 atom stereocenters. The van der Waals surface area contributed by atoms with Gasteiger partial charge < -0.3 is 5.11 Å². The third kappa shape index (κ3) is 3.90. The summed E-state index contributed by atoms with van der Waals surface area (Å²) in [6.07, 6.45) is 4.38. The Kier molecular flexibility index (Phi) is 5.54. The number of nitrogens with one attached hydrogen (secondary N) is 1. The van der Waals surface area contributed by atoms with Gasteiger partial charge in [-0.15, -0.1) is 0 Å². The quantitative estimate of drug-likeness (QED) is 0.854. The third-order valence-electron chi connectivity index (χ3n) is 4.01. The van der Waals surface area contributed by atoms with Gasteiger partial charge in [0.15, 0.2) is 0 Å². The highest BCUT2D eigenvalue weighted by Crippen LogP contribution is 2.31. The predicted octanol–water partition coefficient (Wildman–Crippen LogP) is 3.34. The molecule has 118 valence electrons. The zero-order valence-electron chi connectivity index (χ0n) is 11.8. The molecular formula is C14H19Cl2NO3S. The van der Waals surface area contributed by atoms with Crippen LogP contribution in [0.25, 0.3) is 0 Å². The highest BCUT2D eigenvalue weighted by atomic mass is 35.5. The van der Waals surface area contributed by atoms with Crippen LogP contribution in [0.3, 0.4) is 0 Å². The molecule has 0 saturated heterocycles. The summed E-state index contributed by atoms with van der Waals surface area (Å²) < 4.78 is 27.6. The van der Waals surface area contributed by atoms with Gasteiger partial charge in [-0.2, -0.15) is 0 Å². The molecule has 0 amide bonds. The van der Waals surface area contributed by atoms with E-state index in [2.05, 4.69) is 4.72 Å². The number of halogens is 2. The first-order valence-corrected chi connectivity index (χ1v) is 9.20. The topological polar surface area (TPSA) is 66.4 Å². The number of rotatable bonds is 5. The summed E-state index contributed by atoms with van der Waals surface area (Å²) in [7, 11) is -3.73. The van der Waals surface area contributed by atoms with Crippen LogP contribution in [-0.4, -0.2) is 19.6 Å². The lowest BCUT2D eigenvalue weighted by Gasteiger charge is -2.21. The van der Waals surface area contributed by atoms with Gasteiger partial charge in [-0.3, -0.25) is 0 Å². The Hall–Kier alpha value is -0.330. The monoisotopic (exact) mass is 351 g/mol. The second kappa shape index (κ2) is 6.84. The fourth-order valence-corrected chi connectivity index (χ4v) is 4.93. The molecule has 1 aliphatic carbocycles. The van der Waals surface area contributed by atoms with Gasteiger partial charge >= 0.3 is 0 Å². The number of aliphatic hydroxyl groups excluding tert-OH is 1. The standard InChI is InChI=1S/C14H19Cl2NO3S/c1-9(10-4-2-3-5-10)17-21(19,20)14-6-11(8-18)12(15)7-13(14)16/h6-7,9-10,17-18H,2-5,8H2,1H3. The van der Waals surface area contributed by atoms with Gasteiger partial charge in [0.25, 0.3) is 0 Å². The van der Waals surface area contributed by atoms with Crippen molar-refractivity contribution < 1.29 is 13.5 Å². The Morgan fingerprint density at radius 1 is 1.29 bits per heavy atom. The minimum atomic E-state index is -3.73. The van der Waals surface area contributed by atoms with E-state index in [4.69, 9.17) is 23.2 Å². The van der Waals surface area contributed by atoms with Crippen LogP contribution in [0.5, 0.6) is 0 Å². The molecule has 0 aliphatic heterocycles. The third-order valence-corrected chi connectivity index (χ3v) is 6.38. The van der Waals surface area contributed by atoms with Gasteiger partial charge in [0.2, 0.25) is 10.0 Å². The van der Waals surface area contributed by atoms with Crippen LogP contribution in [0.15, 0.2) is 17.0 Å². The first kappa shape index (κ1) is 17.0. The lowest BCUT2D eigenvalue weighted by Crippen LogP contribution is -2.37. The van der Waals surface area contributed by atoms with Crippen molar-refractivity contribution in [2.75, 3.05) is 0 Å². The van der Waals surface area contributed by atoms with E-state index in [-0.39, 0.29) is 27.6 Å². The second-order valence-corrected chi connectivity index (χ2v) is 7.98. The van der Waals surface area contributed by atoms with Crippen molar-refractivity contribution in [3.63, 3.8) is 0 Å². The van der Waals surface area contributed by atoms with E-state index >= 15 is 0 Å². The first-order valence-electron chi connectivity index (χ1n) is 6.96. The molecule has 1 unspecified atom stereocenters. The molecule has 0 spiro atoms. The maximum atomic E-state index is 12.5. The fourth-order valence-electron chi connectivity index (χ4n) is 2.76. The van der Waals surface area contributed by atoms with Crippen molar-refractivity contribution in [1.29, 1.82) is 0 Å². The molecule has 0 radical (unpaired) electrons. The largest absolute Gasteiger partial charge is 0.392 e. The Morgan fingerprint density at radius 2 is 1.90 bits per heavy atom. The summed E-state index contributed by atoms with van der Waals surface area (Å²) in [5, 5.41) is 9.52. The van der Waals surface area contributed by atoms with E-state index in [0.29, 0.717) is 11.5 Å². The lowest BCUT2D eigenvalue weighted by molar-refractivity contribution is 0.281. The van der Waals surface area contributed by atoms with Crippen LogP contribution >= 0.6 is 23.2 Å². The van der Waals surface area contributed by atoms with Gasteiger partial charge in [0.1, 0.15) is 4.90 Å². The molecule has 1 aromatic carbocycles. The summed E-state index contributed by atoms with van der Waals surface area (Å²) in [6.45, 7) is 1.54. The summed E-state index contributed by atoms with van der Waals surface area (Å²) in [5.74, 6) is 0.364. The zero-order chi connectivity index (χ0) is 15.6. The van der Waals surface area contributed by atoms with Crippen molar-refractivity contribution in [2.45, 2.75) is 50.2 Å². The van der Waals surface area contributed by atoms with Gasteiger partial charge in [0.05, 0.1) is 11.6 Å². The number of hydrogen-bond donors (Lipinski definition) is 2. The molecule has 0 aromatic heterocycles.